The predicted molar refractivity (Wildman–Crippen MR) is 100 cm³/mol. The topological polar surface area (TPSA) is 110 Å². The zero-order valence-corrected chi connectivity index (χ0v) is 16.4. The van der Waals surface area contributed by atoms with Crippen LogP contribution in [0, 0.1) is 11.3 Å². The summed E-state index contributed by atoms with van der Waals surface area (Å²) >= 11 is 0. The van der Waals surface area contributed by atoms with Crippen LogP contribution in [0.2, 0.25) is 0 Å². The van der Waals surface area contributed by atoms with E-state index in [9.17, 15) is 9.59 Å². The molecule has 0 aromatic carbocycles. The van der Waals surface area contributed by atoms with Crippen molar-refractivity contribution >= 4 is 11.8 Å². The first-order chi connectivity index (χ1) is 12.7. The maximum absolute atomic E-state index is 12.3. The molecule has 27 heavy (non-hydrogen) atoms. The molecule has 0 bridgehead atoms. The average molecular weight is 373 g/mol. The molecule has 2 amide bonds. The van der Waals surface area contributed by atoms with Gasteiger partial charge in [-0.2, -0.15) is 4.98 Å². The third-order valence-electron chi connectivity index (χ3n) is 3.93. The molecule has 0 aliphatic rings. The van der Waals surface area contributed by atoms with Crippen molar-refractivity contribution in [2.45, 2.75) is 47.1 Å². The van der Waals surface area contributed by atoms with Crippen molar-refractivity contribution < 1.29 is 14.1 Å². The third kappa shape index (κ3) is 5.87. The Morgan fingerprint density at radius 1 is 1.26 bits per heavy atom. The third-order valence-corrected chi connectivity index (χ3v) is 3.93. The van der Waals surface area contributed by atoms with Gasteiger partial charge in [0.25, 0.3) is 0 Å². The van der Waals surface area contributed by atoms with Crippen molar-refractivity contribution in [3.63, 3.8) is 0 Å². The number of hydrogen-bond donors (Lipinski definition) is 2. The molecule has 0 fully saturated rings. The van der Waals surface area contributed by atoms with Crippen molar-refractivity contribution in [2.75, 3.05) is 6.54 Å². The summed E-state index contributed by atoms with van der Waals surface area (Å²) in [5.41, 5.74) is 0.259. The van der Waals surface area contributed by atoms with Crippen molar-refractivity contribution in [2.24, 2.45) is 11.3 Å². The molecular weight excluding hydrogens is 346 g/mol. The van der Waals surface area contributed by atoms with Crippen LogP contribution >= 0.6 is 0 Å². The van der Waals surface area contributed by atoms with Crippen LogP contribution in [0.4, 0.5) is 0 Å². The standard InChI is InChI=1S/C19H27N5O3/c1-12(2)15(22-14(25)8-10-21-18(26)19(3,4)5)17-23-16(24-27-17)13-7-6-9-20-11-13/h6-7,9,11-12,15H,8,10H2,1-5H3,(H,21,26)(H,22,25). The van der Waals surface area contributed by atoms with Gasteiger partial charge >= 0.3 is 0 Å². The SMILES string of the molecule is CC(C)C(NC(=O)CCNC(=O)C(C)(C)C)c1nc(-c2cccnc2)no1. The van der Waals surface area contributed by atoms with E-state index in [1.807, 2.05) is 40.7 Å². The molecule has 0 radical (unpaired) electrons. The maximum Gasteiger partial charge on any atom is 0.249 e. The molecule has 1 unspecified atom stereocenters. The number of carbonyl (C=O) groups is 2. The summed E-state index contributed by atoms with van der Waals surface area (Å²) in [7, 11) is 0. The van der Waals surface area contributed by atoms with Crippen LogP contribution in [-0.4, -0.2) is 33.5 Å². The van der Waals surface area contributed by atoms with Crippen molar-refractivity contribution in [1.82, 2.24) is 25.8 Å². The first-order valence-corrected chi connectivity index (χ1v) is 9.00. The largest absolute Gasteiger partial charge is 0.355 e. The highest BCUT2D eigenvalue weighted by Crippen LogP contribution is 2.23. The Labute approximate surface area is 159 Å². The monoisotopic (exact) mass is 373 g/mol. The summed E-state index contributed by atoms with van der Waals surface area (Å²) in [6.45, 7) is 9.67. The summed E-state index contributed by atoms with van der Waals surface area (Å²) in [5, 5.41) is 9.65. The molecular formula is C19H27N5O3. The summed E-state index contributed by atoms with van der Waals surface area (Å²) in [6, 6.07) is 3.22. The molecule has 2 N–H and O–H groups in total. The number of carbonyl (C=O) groups excluding carboxylic acids is 2. The fourth-order valence-corrected chi connectivity index (χ4v) is 2.29. The number of rotatable bonds is 7. The molecule has 0 saturated carbocycles. The summed E-state index contributed by atoms with van der Waals surface area (Å²) in [5.74, 6) is 0.546. The number of aromatic nitrogens is 3. The van der Waals surface area contributed by atoms with E-state index in [4.69, 9.17) is 4.52 Å². The Kier molecular flexibility index (Phi) is 6.65. The van der Waals surface area contributed by atoms with Crippen LogP contribution in [0.25, 0.3) is 11.4 Å². The van der Waals surface area contributed by atoms with Gasteiger partial charge in [-0.15, -0.1) is 0 Å². The molecule has 2 rings (SSSR count). The molecule has 1 atom stereocenters. The molecule has 8 heteroatoms. The lowest BCUT2D eigenvalue weighted by Crippen LogP contribution is -2.38. The van der Waals surface area contributed by atoms with Gasteiger partial charge in [0.05, 0.1) is 0 Å². The Morgan fingerprint density at radius 3 is 2.59 bits per heavy atom. The number of pyridine rings is 1. The Balaban J connectivity index is 1.97. The maximum atomic E-state index is 12.3. The minimum atomic E-state index is -0.483. The highest BCUT2D eigenvalue weighted by atomic mass is 16.5. The zero-order valence-electron chi connectivity index (χ0n) is 16.4. The molecule has 0 spiro atoms. The highest BCUT2D eigenvalue weighted by Gasteiger charge is 2.25. The smallest absolute Gasteiger partial charge is 0.249 e. The van der Waals surface area contributed by atoms with E-state index in [1.54, 1.807) is 18.5 Å². The van der Waals surface area contributed by atoms with E-state index in [0.29, 0.717) is 11.7 Å². The fourth-order valence-electron chi connectivity index (χ4n) is 2.29. The Bertz CT molecular complexity index is 765. The van der Waals surface area contributed by atoms with Gasteiger partial charge in [0.2, 0.25) is 23.5 Å². The second kappa shape index (κ2) is 8.75. The van der Waals surface area contributed by atoms with Gasteiger partial charge in [-0.3, -0.25) is 14.6 Å². The Hall–Kier alpha value is -2.77. The number of nitrogens with one attached hydrogen (secondary N) is 2. The lowest BCUT2D eigenvalue weighted by molar-refractivity contribution is -0.128. The highest BCUT2D eigenvalue weighted by molar-refractivity contribution is 5.82. The van der Waals surface area contributed by atoms with E-state index >= 15 is 0 Å². The quantitative estimate of drug-likeness (QED) is 0.771. The van der Waals surface area contributed by atoms with Crippen molar-refractivity contribution in [3.05, 3.63) is 30.4 Å². The van der Waals surface area contributed by atoms with Crippen LogP contribution in [-0.2, 0) is 9.59 Å². The van der Waals surface area contributed by atoms with Crippen molar-refractivity contribution in [1.29, 1.82) is 0 Å². The molecule has 2 heterocycles. The van der Waals surface area contributed by atoms with E-state index < -0.39 is 11.5 Å². The molecule has 8 nitrogen and oxygen atoms in total. The molecule has 2 aromatic rings. The van der Waals surface area contributed by atoms with Gasteiger partial charge in [0.1, 0.15) is 6.04 Å². The second-order valence-electron chi connectivity index (χ2n) is 7.74. The van der Waals surface area contributed by atoms with Crippen LogP contribution in [0.1, 0.15) is 53.0 Å². The number of nitrogens with zero attached hydrogens (tertiary/aromatic N) is 3. The van der Waals surface area contributed by atoms with Crippen LogP contribution in [0.5, 0.6) is 0 Å². The Morgan fingerprint density at radius 2 is 2.00 bits per heavy atom. The second-order valence-corrected chi connectivity index (χ2v) is 7.74. The predicted octanol–water partition coefficient (Wildman–Crippen LogP) is 2.50. The van der Waals surface area contributed by atoms with Crippen molar-refractivity contribution in [3.8, 4) is 11.4 Å². The first kappa shape index (κ1) is 20.5. The van der Waals surface area contributed by atoms with Gasteiger partial charge in [0, 0.05) is 36.3 Å². The van der Waals surface area contributed by atoms with E-state index in [2.05, 4.69) is 25.8 Å². The van der Waals surface area contributed by atoms with Gasteiger partial charge in [0.15, 0.2) is 0 Å². The summed E-state index contributed by atoms with van der Waals surface area (Å²) in [6.07, 6.45) is 3.49. The molecule has 0 saturated heterocycles. The normalized spacial score (nSPS) is 12.7. The molecule has 0 aliphatic heterocycles. The molecule has 2 aromatic heterocycles. The fraction of sp³-hybridized carbons (Fsp3) is 0.526. The average Bonchev–Trinajstić information content (AvgIpc) is 3.09. The molecule has 146 valence electrons. The number of amides is 2. The van der Waals surface area contributed by atoms with Crippen LogP contribution in [0.15, 0.2) is 29.0 Å². The van der Waals surface area contributed by atoms with Crippen LogP contribution < -0.4 is 10.6 Å². The summed E-state index contributed by atoms with van der Waals surface area (Å²) in [4.78, 5) is 32.6. The number of hydrogen-bond acceptors (Lipinski definition) is 6. The van der Waals surface area contributed by atoms with Gasteiger partial charge < -0.3 is 15.2 Å². The van der Waals surface area contributed by atoms with E-state index in [1.165, 1.54) is 0 Å². The summed E-state index contributed by atoms with van der Waals surface area (Å²) < 4.78 is 5.36. The van der Waals surface area contributed by atoms with E-state index in [-0.39, 0.29) is 30.7 Å². The first-order valence-electron chi connectivity index (χ1n) is 9.00. The van der Waals surface area contributed by atoms with E-state index in [0.717, 1.165) is 5.56 Å². The van der Waals surface area contributed by atoms with Crippen LogP contribution in [0.3, 0.4) is 0 Å². The lowest BCUT2D eigenvalue weighted by Gasteiger charge is -2.20. The zero-order chi connectivity index (χ0) is 20.0. The minimum absolute atomic E-state index is 0.0558. The molecule has 0 aliphatic carbocycles. The van der Waals surface area contributed by atoms with Gasteiger partial charge in [-0.05, 0) is 18.1 Å². The van der Waals surface area contributed by atoms with Gasteiger partial charge in [-0.1, -0.05) is 39.8 Å². The lowest BCUT2D eigenvalue weighted by atomic mass is 9.96. The van der Waals surface area contributed by atoms with Gasteiger partial charge in [-0.25, -0.2) is 0 Å². The minimum Gasteiger partial charge on any atom is -0.355 e.